The Hall–Kier alpha value is -13.8. The van der Waals surface area contributed by atoms with Gasteiger partial charge in [0.15, 0.2) is 0 Å². The lowest BCUT2D eigenvalue weighted by Crippen LogP contribution is -2.65. The molecule has 4 aliphatic rings. The summed E-state index contributed by atoms with van der Waals surface area (Å²) in [7, 11) is 0. The largest absolute Gasteiger partial charge is 0.481 e. The number of nitrogens with zero attached hydrogens (tertiary/aromatic N) is 3. The normalized spacial score (nSPS) is 24.5. The number of hydrogen-bond acceptors (Lipinski definition) is 24. The topological polar surface area (TPSA) is 658 Å². The summed E-state index contributed by atoms with van der Waals surface area (Å²) in [6.07, 6.45) is 6.18. The van der Waals surface area contributed by atoms with Crippen molar-refractivity contribution in [2.45, 2.75) is 260 Å². The van der Waals surface area contributed by atoms with E-state index in [-0.39, 0.29) is 101 Å². The number of hydrogen-bond donors (Lipinski definition) is 21. The number of aromatic nitrogens is 2. The highest BCUT2D eigenvalue weighted by atomic mass is 32.2. The first-order valence-corrected chi connectivity index (χ1v) is 49.6. The molecule has 43 heteroatoms. The number of aliphatic hydroxyl groups excluding tert-OH is 1. The molecule has 0 unspecified atom stereocenters. The first-order chi connectivity index (χ1) is 68.2. The Morgan fingerprint density at radius 3 is 1.60 bits per heavy atom. The Bertz CT molecular complexity index is 5470. The molecule has 1 saturated carbocycles. The standard InChI is InChI=1S/C100H134N20O22S/c1-55(2)44-69-86(127)112-72(47-58-26-30-62(31-27-58)61-20-11-8-12-21-61)91(132)117-82(56(3)4)98(139)120-43-17-25-79(120)97(138)119-42-16-15-24-78(119)95(136)108-68(35-39-102)85(126)110-73(45-57-18-9-7-10-19-57)92(133)118-83(100(5,6)142)96(137)115-76(52-121)93(134)116-77(94(135)107-67(34-38-101)84(103)125)53-143-54-80(122)106-70(48-60-36-40-104-41-37-60)87(128)111-71(46-59-28-32-63(33-29-59)99(140)141)88(129)114-75(50-81(123)124)90(131)113-74(89(130)109-69)49-64-51-105-66-23-14-13-22-65(64)66/h8,11-14,20-23,26-33,36-37,40-41,51,55-57,67-79,82-83,105,121,142H,7,9-10,15-19,24-25,34-35,38-39,42-50,52-54,101-102H2,1-6H3,(H2,103,125)(H,106,122)(H,107,135)(H,108,136)(H,109,130)(H,110,126)(H,111,128)(H,112,127)(H,113,131)(H,114,129)(H,115,137)(H,116,134)(H,117,132)(H,118,133)(H,123,124)(H,140,141)/t67-,68-,69-,70-,71-,72-,73-,74-,75-,76-,77-,78+,79+,82-,83+/m0/s1. The Labute approximate surface area is 832 Å². The number of piperidine rings is 1. The van der Waals surface area contributed by atoms with Gasteiger partial charge >= 0.3 is 11.9 Å². The van der Waals surface area contributed by atoms with E-state index in [9.17, 15) is 58.8 Å². The second kappa shape index (κ2) is 53.4. The molecule has 6 aromatic rings. The van der Waals surface area contributed by atoms with E-state index in [1.165, 1.54) is 58.6 Å². The minimum atomic E-state index is -2.22. The summed E-state index contributed by atoms with van der Waals surface area (Å²) in [6.45, 7) is 7.62. The van der Waals surface area contributed by atoms with Crippen molar-refractivity contribution in [3.05, 3.63) is 162 Å². The van der Waals surface area contributed by atoms with Gasteiger partial charge in [0, 0.05) is 74.0 Å². The zero-order valence-corrected chi connectivity index (χ0v) is 81.9. The first kappa shape index (κ1) is 111. The number of amides is 16. The number of aliphatic carboxylic acids is 1. The number of nitrogens with one attached hydrogen (secondary N) is 14. The van der Waals surface area contributed by atoms with Crippen molar-refractivity contribution in [3.63, 3.8) is 0 Å². The monoisotopic (exact) mass is 2000 g/mol. The summed E-state index contributed by atoms with van der Waals surface area (Å²) in [5.41, 5.74) is 19.0. The number of carbonyl (C=O) groups excluding carboxylic acids is 16. The second-order valence-electron chi connectivity index (χ2n) is 38.1. The number of primary amides is 1. The minimum Gasteiger partial charge on any atom is -0.481 e. The van der Waals surface area contributed by atoms with Crippen LogP contribution >= 0.6 is 11.8 Å². The maximum atomic E-state index is 15.6. The first-order valence-electron chi connectivity index (χ1n) is 48.5. The van der Waals surface area contributed by atoms with Crippen molar-refractivity contribution in [1.29, 1.82) is 0 Å². The Kier molecular flexibility index (Phi) is 41.5. The maximum absolute atomic E-state index is 15.6. The number of para-hydroxylation sites is 1. The molecule has 4 fully saturated rings. The predicted octanol–water partition coefficient (Wildman–Crippen LogP) is -0.287. The highest BCUT2D eigenvalue weighted by Gasteiger charge is 2.47. The third-order valence-electron chi connectivity index (χ3n) is 25.8. The van der Waals surface area contributed by atoms with Crippen LogP contribution in [0.15, 0.2) is 134 Å². The molecule has 4 aromatic carbocycles. The van der Waals surface area contributed by atoms with Crippen LogP contribution in [0, 0.1) is 17.8 Å². The summed E-state index contributed by atoms with van der Waals surface area (Å²) < 4.78 is 0. The predicted molar refractivity (Wildman–Crippen MR) is 527 cm³/mol. The molecule has 3 saturated heterocycles. The van der Waals surface area contributed by atoms with Gasteiger partial charge in [-0.2, -0.15) is 0 Å². The van der Waals surface area contributed by atoms with Crippen molar-refractivity contribution >= 4 is 129 Å². The molecule has 0 bridgehead atoms. The molecule has 3 aliphatic heterocycles. The number of thioether (sulfide) groups is 1. The molecule has 24 N–H and O–H groups in total. The number of rotatable bonds is 26. The van der Waals surface area contributed by atoms with Crippen LogP contribution in [0.4, 0.5) is 0 Å². The van der Waals surface area contributed by atoms with Crippen molar-refractivity contribution < 1.29 is 107 Å². The summed E-state index contributed by atoms with van der Waals surface area (Å²) in [5, 5.41) is 77.7. The van der Waals surface area contributed by atoms with Gasteiger partial charge in [-0.3, -0.25) is 86.5 Å². The summed E-state index contributed by atoms with van der Waals surface area (Å²) in [6, 6.07) is 7.05. The van der Waals surface area contributed by atoms with Gasteiger partial charge in [-0.25, -0.2) is 4.79 Å². The average molecular weight is 2000 g/mol. The van der Waals surface area contributed by atoms with Crippen molar-refractivity contribution in [1.82, 2.24) is 88.9 Å². The molecule has 10 rings (SSSR count). The van der Waals surface area contributed by atoms with Gasteiger partial charge in [0.05, 0.1) is 29.9 Å². The van der Waals surface area contributed by atoms with E-state index >= 15 is 47.9 Å². The lowest BCUT2D eigenvalue weighted by Gasteiger charge is -2.39. The number of carboxylic acid groups (broad SMARTS) is 2. The molecule has 16 amide bonds. The van der Waals surface area contributed by atoms with Crippen LogP contribution in [0.5, 0.6) is 0 Å². The lowest BCUT2D eigenvalue weighted by molar-refractivity contribution is -0.151. The molecular formula is C100H134N20O22S. The van der Waals surface area contributed by atoms with Crippen LogP contribution in [0.1, 0.15) is 170 Å². The van der Waals surface area contributed by atoms with E-state index in [1.807, 2.05) is 42.5 Å². The fourth-order valence-electron chi connectivity index (χ4n) is 18.1. The molecule has 143 heavy (non-hydrogen) atoms. The van der Waals surface area contributed by atoms with Gasteiger partial charge in [-0.05, 0) is 166 Å². The molecule has 42 nitrogen and oxygen atoms in total. The van der Waals surface area contributed by atoms with E-state index in [0.717, 1.165) is 44.2 Å². The summed E-state index contributed by atoms with van der Waals surface area (Å²) >= 11 is 0.660. The number of carbonyl (C=O) groups is 18. The molecular weight excluding hydrogens is 1870 g/mol. The van der Waals surface area contributed by atoms with Crippen LogP contribution < -0.4 is 86.3 Å². The van der Waals surface area contributed by atoms with E-state index in [2.05, 4.69) is 79.1 Å². The lowest BCUT2D eigenvalue weighted by atomic mass is 9.84. The highest BCUT2D eigenvalue weighted by Crippen LogP contribution is 2.31. The molecule has 0 spiro atoms. The van der Waals surface area contributed by atoms with Gasteiger partial charge in [0.1, 0.15) is 90.6 Å². The molecule has 2 aromatic heterocycles. The highest BCUT2D eigenvalue weighted by molar-refractivity contribution is 8.00. The quantitative estimate of drug-likeness (QED) is 0.0332. The Morgan fingerprint density at radius 1 is 0.503 bits per heavy atom. The number of H-pyrrole nitrogens is 1. The number of benzene rings is 4. The van der Waals surface area contributed by atoms with Crippen LogP contribution in [-0.4, -0.2) is 287 Å². The average Bonchev–Trinajstić information content (AvgIpc) is 1.73. The van der Waals surface area contributed by atoms with Gasteiger partial charge in [0.25, 0.3) is 0 Å². The number of nitrogens with two attached hydrogens (primary N) is 3. The molecule has 15 atom stereocenters. The van der Waals surface area contributed by atoms with Gasteiger partial charge in [-0.1, -0.05) is 145 Å². The number of aromatic carboxylic acids is 1. The van der Waals surface area contributed by atoms with Crippen LogP contribution in [0.3, 0.4) is 0 Å². The third kappa shape index (κ3) is 32.4. The number of aromatic amines is 1. The van der Waals surface area contributed by atoms with Gasteiger partial charge in [-0.15, -0.1) is 11.8 Å². The number of aliphatic hydroxyl groups is 2. The number of fused-ring (bicyclic) bond motifs is 3. The Morgan fingerprint density at radius 2 is 1.01 bits per heavy atom. The fourth-order valence-corrected chi connectivity index (χ4v) is 18.9. The zero-order chi connectivity index (χ0) is 104. The summed E-state index contributed by atoms with van der Waals surface area (Å²) in [5.74, 6) is -21.6. The SMILES string of the molecule is CC(C)C[C@@H]1NC(=O)[C@H](Cc2c[nH]c3ccccc23)NC(=O)[C@H](CC(=O)O)NC(=O)[C@H](Cc2ccc(C(=O)O)cc2)NC(=O)[C@H](Cc2ccncc2)NC(=O)CSC[C@@H](C(=O)N[C@@H](CCN)C(N)=O)NC(=O)[C@H](CO)NC(=O)[C@H](C(C)(C)O)NC(=O)[C@H](CC2CCCCC2)NC(=O)[C@H](CCN)NC(=O)[C@H]2CCCCN2C(=O)[C@H]2CCCN2C(=O)[C@H](C(C)C)NC(=O)[C@H](Cc2ccc(-c3ccccc3)cc2)NC1=O. The minimum absolute atomic E-state index is 0.0216. The second-order valence-corrected chi connectivity index (χ2v) is 39.1. The zero-order valence-electron chi connectivity index (χ0n) is 81.1. The molecule has 5 heterocycles. The Balaban J connectivity index is 1.04. The van der Waals surface area contributed by atoms with E-state index < -0.39 is 245 Å². The maximum Gasteiger partial charge on any atom is 0.335 e. The third-order valence-corrected chi connectivity index (χ3v) is 26.9. The van der Waals surface area contributed by atoms with Crippen molar-refractivity contribution in [3.8, 4) is 11.1 Å². The van der Waals surface area contributed by atoms with E-state index in [1.54, 1.807) is 70.3 Å². The molecule has 0 radical (unpaired) electrons. The van der Waals surface area contributed by atoms with Crippen LogP contribution in [0.25, 0.3) is 22.0 Å². The van der Waals surface area contributed by atoms with Crippen LogP contribution in [-0.2, 0) is 107 Å². The van der Waals surface area contributed by atoms with E-state index in [0.29, 0.717) is 71.5 Å². The van der Waals surface area contributed by atoms with E-state index in [4.69, 9.17) is 17.2 Å². The van der Waals surface area contributed by atoms with Crippen molar-refractivity contribution in [2.24, 2.45) is 35.0 Å². The van der Waals surface area contributed by atoms with Crippen LogP contribution in [0.2, 0.25) is 0 Å². The van der Waals surface area contributed by atoms with Gasteiger partial charge < -0.3 is 122 Å². The summed E-state index contributed by atoms with van der Waals surface area (Å²) in [4.78, 5) is 274. The van der Waals surface area contributed by atoms with Gasteiger partial charge in [0.2, 0.25) is 94.5 Å². The molecule has 1 aliphatic carbocycles. The smallest absolute Gasteiger partial charge is 0.335 e. The number of pyridine rings is 1. The molecule has 772 valence electrons. The fraction of sp³-hybridized carbons (Fsp3) is 0.510. The number of carboxylic acids is 2. The van der Waals surface area contributed by atoms with Crippen molar-refractivity contribution in [2.75, 3.05) is 44.3 Å².